The number of allylic oxidation sites excluding steroid dienone is 8. The highest BCUT2D eigenvalue weighted by Crippen LogP contribution is 2.38. The number of phosphoric ester groups is 1. The first kappa shape index (κ1) is 45.0. The molecular weight excluding hydrogens is 617 g/mol. The second kappa shape index (κ2) is 30.1. The highest BCUT2D eigenvalue weighted by atomic mass is 31.2. The molecule has 0 heterocycles. The first-order valence-electron chi connectivity index (χ1n) is 17.9. The largest absolute Gasteiger partial charge is 0.756 e. The number of quaternary nitrogens is 1. The van der Waals surface area contributed by atoms with Crippen LogP contribution in [0, 0.1) is 0 Å². The van der Waals surface area contributed by atoms with Crippen molar-refractivity contribution in [3.63, 3.8) is 0 Å². The zero-order valence-electron chi connectivity index (χ0n) is 30.2. The molecule has 0 saturated heterocycles. The number of carbonyl (C=O) groups excluding carboxylic acids is 2. The number of rotatable bonds is 31. The lowest BCUT2D eigenvalue weighted by molar-refractivity contribution is -0.870. The zero-order chi connectivity index (χ0) is 35.1. The number of phosphoric acid groups is 1. The third kappa shape index (κ3) is 33.7. The second-order valence-electron chi connectivity index (χ2n) is 13.0. The molecule has 0 fully saturated rings. The van der Waals surface area contributed by atoms with E-state index in [0.29, 0.717) is 17.4 Å². The van der Waals surface area contributed by atoms with E-state index in [0.717, 1.165) is 44.9 Å². The Morgan fingerprint density at radius 2 is 1.21 bits per heavy atom. The predicted molar refractivity (Wildman–Crippen MR) is 190 cm³/mol. The van der Waals surface area contributed by atoms with Gasteiger partial charge < -0.3 is 27.9 Å². The summed E-state index contributed by atoms with van der Waals surface area (Å²) in [6.07, 6.45) is 31.5. The average Bonchev–Trinajstić information content (AvgIpc) is 3.01. The van der Waals surface area contributed by atoms with Crippen LogP contribution < -0.4 is 4.89 Å². The van der Waals surface area contributed by atoms with Gasteiger partial charge in [0.1, 0.15) is 19.8 Å². The van der Waals surface area contributed by atoms with E-state index in [2.05, 4.69) is 26.0 Å². The van der Waals surface area contributed by atoms with Crippen LogP contribution >= 0.6 is 7.82 Å². The van der Waals surface area contributed by atoms with Crippen LogP contribution in [-0.4, -0.2) is 70.0 Å². The van der Waals surface area contributed by atoms with Crippen LogP contribution in [0.15, 0.2) is 48.6 Å². The van der Waals surface area contributed by atoms with E-state index in [1.165, 1.54) is 44.9 Å². The summed E-state index contributed by atoms with van der Waals surface area (Å²) >= 11 is 0. The molecule has 0 aromatic carbocycles. The molecule has 9 nitrogen and oxygen atoms in total. The van der Waals surface area contributed by atoms with Crippen molar-refractivity contribution in [1.29, 1.82) is 0 Å². The second-order valence-corrected chi connectivity index (χ2v) is 14.4. The van der Waals surface area contributed by atoms with Crippen molar-refractivity contribution in [2.75, 3.05) is 47.5 Å². The first-order chi connectivity index (χ1) is 22.5. The Bertz CT molecular complexity index is 954. The molecule has 272 valence electrons. The van der Waals surface area contributed by atoms with Gasteiger partial charge in [0.05, 0.1) is 27.7 Å². The minimum Gasteiger partial charge on any atom is -0.756 e. The average molecular weight is 684 g/mol. The summed E-state index contributed by atoms with van der Waals surface area (Å²) in [5, 5.41) is 0. The number of likely N-dealkylation sites (N-methyl/N-ethyl adjacent to an activating group) is 1. The van der Waals surface area contributed by atoms with E-state index in [-0.39, 0.29) is 26.1 Å². The molecule has 0 aromatic rings. The molecule has 0 aromatic heterocycles. The maximum Gasteiger partial charge on any atom is 0.306 e. The highest BCUT2D eigenvalue weighted by Gasteiger charge is 2.21. The zero-order valence-corrected chi connectivity index (χ0v) is 31.1. The Kier molecular flexibility index (Phi) is 28.8. The van der Waals surface area contributed by atoms with Crippen LogP contribution in [0.3, 0.4) is 0 Å². The summed E-state index contributed by atoms with van der Waals surface area (Å²) in [6, 6.07) is 0. The maximum atomic E-state index is 12.5. The fraction of sp³-hybridized carbons (Fsp3) is 0.730. The van der Waals surface area contributed by atoms with Gasteiger partial charge in [0, 0.05) is 12.8 Å². The van der Waals surface area contributed by atoms with Gasteiger partial charge in [0.25, 0.3) is 7.82 Å². The van der Waals surface area contributed by atoms with Gasteiger partial charge in [-0.25, -0.2) is 0 Å². The van der Waals surface area contributed by atoms with Gasteiger partial charge in [0.15, 0.2) is 6.10 Å². The molecule has 0 radical (unpaired) electrons. The number of hydrogen-bond donors (Lipinski definition) is 0. The fourth-order valence-corrected chi connectivity index (χ4v) is 5.10. The minimum atomic E-state index is -4.62. The number of hydrogen-bond acceptors (Lipinski definition) is 8. The van der Waals surface area contributed by atoms with Crippen LogP contribution in [0.2, 0.25) is 0 Å². The van der Waals surface area contributed by atoms with Gasteiger partial charge in [-0.3, -0.25) is 14.2 Å². The maximum absolute atomic E-state index is 12.5. The molecule has 0 N–H and O–H groups in total. The summed E-state index contributed by atoms with van der Waals surface area (Å²) in [5.41, 5.74) is 0. The normalized spacial score (nSPS) is 14.4. The molecule has 0 amide bonds. The summed E-state index contributed by atoms with van der Waals surface area (Å²) in [6.45, 7) is 3.98. The van der Waals surface area contributed by atoms with Crippen molar-refractivity contribution in [2.45, 2.75) is 129 Å². The summed E-state index contributed by atoms with van der Waals surface area (Å²) in [7, 11) is 1.13. The number of nitrogens with zero attached hydrogens (tertiary/aromatic N) is 1. The topological polar surface area (TPSA) is 111 Å². The molecule has 47 heavy (non-hydrogen) atoms. The van der Waals surface area contributed by atoms with Crippen molar-refractivity contribution in [2.24, 2.45) is 0 Å². The van der Waals surface area contributed by atoms with Gasteiger partial charge in [-0.2, -0.15) is 0 Å². The lowest BCUT2D eigenvalue weighted by Gasteiger charge is -2.28. The van der Waals surface area contributed by atoms with Gasteiger partial charge in [0.2, 0.25) is 0 Å². The lowest BCUT2D eigenvalue weighted by Crippen LogP contribution is -2.37. The first-order valence-corrected chi connectivity index (χ1v) is 19.4. The molecule has 0 rings (SSSR count). The Morgan fingerprint density at radius 1 is 0.681 bits per heavy atom. The lowest BCUT2D eigenvalue weighted by atomic mass is 10.1. The molecule has 0 aliphatic rings. The number of ether oxygens (including phenoxy) is 2. The van der Waals surface area contributed by atoms with Crippen molar-refractivity contribution >= 4 is 19.8 Å². The van der Waals surface area contributed by atoms with Crippen molar-refractivity contribution in [3.05, 3.63) is 48.6 Å². The Hall–Kier alpha value is -2.03. The van der Waals surface area contributed by atoms with Crippen LogP contribution in [0.25, 0.3) is 0 Å². The third-order valence-corrected chi connectivity index (χ3v) is 8.17. The van der Waals surface area contributed by atoms with Crippen molar-refractivity contribution in [3.8, 4) is 0 Å². The quantitative estimate of drug-likeness (QED) is 0.0235. The van der Waals surface area contributed by atoms with Crippen molar-refractivity contribution < 1.29 is 42.1 Å². The molecule has 0 aliphatic heterocycles. The van der Waals surface area contributed by atoms with E-state index in [9.17, 15) is 19.0 Å². The molecule has 2 unspecified atom stereocenters. The minimum absolute atomic E-state index is 0.0399. The van der Waals surface area contributed by atoms with Gasteiger partial charge in [-0.15, -0.1) is 0 Å². The highest BCUT2D eigenvalue weighted by molar-refractivity contribution is 7.45. The van der Waals surface area contributed by atoms with Gasteiger partial charge in [-0.1, -0.05) is 127 Å². The molecule has 0 aliphatic carbocycles. The van der Waals surface area contributed by atoms with Gasteiger partial charge in [-0.05, 0) is 32.1 Å². The number of esters is 2. The van der Waals surface area contributed by atoms with Gasteiger partial charge >= 0.3 is 11.9 Å². The Labute approximate surface area is 286 Å². The van der Waals surface area contributed by atoms with E-state index in [4.69, 9.17) is 18.5 Å². The molecule has 0 spiro atoms. The molecule has 2 atom stereocenters. The van der Waals surface area contributed by atoms with E-state index in [1.807, 2.05) is 57.6 Å². The third-order valence-electron chi connectivity index (χ3n) is 7.21. The Balaban J connectivity index is 4.57. The van der Waals surface area contributed by atoms with Crippen molar-refractivity contribution in [1.82, 2.24) is 0 Å². The van der Waals surface area contributed by atoms with E-state index < -0.39 is 32.5 Å². The molecule has 10 heteroatoms. The standard InChI is InChI=1S/C37H66NO8P/c1-6-8-10-12-14-16-18-19-20-22-24-26-28-30-37(40)46-35(34-45-47(41,42)44-32-31-38(3,4)5)33-43-36(39)29-27-25-23-21-17-15-13-11-9-7-2/h8,10,12,14,16,18-20,35H,6-7,9,11,13,15,17,21-34H2,1-5H3/b10-8+,14-12+,18-16+,20-19+. The number of unbranched alkanes of at least 4 members (excludes halogenated alkanes) is 12. The fourth-order valence-electron chi connectivity index (χ4n) is 4.37. The smallest absolute Gasteiger partial charge is 0.306 e. The predicted octanol–water partition coefficient (Wildman–Crippen LogP) is 8.55. The number of carbonyl (C=O) groups is 2. The van der Waals surface area contributed by atoms with E-state index >= 15 is 0 Å². The monoisotopic (exact) mass is 683 g/mol. The summed E-state index contributed by atoms with van der Waals surface area (Å²) in [4.78, 5) is 37.2. The molecular formula is C37H66NO8P. The molecule has 0 saturated carbocycles. The Morgan fingerprint density at radius 3 is 1.81 bits per heavy atom. The van der Waals surface area contributed by atoms with Crippen LogP contribution in [0.4, 0.5) is 0 Å². The SMILES string of the molecule is CC/C=C/C=C/C=C/C=C/CCCCCC(=O)OC(COC(=O)CCCCCCCCCCCC)COP(=O)([O-])OCC[N+](C)(C)C. The summed E-state index contributed by atoms with van der Waals surface area (Å²) < 4.78 is 33.6. The van der Waals surface area contributed by atoms with Crippen LogP contribution in [0.5, 0.6) is 0 Å². The summed E-state index contributed by atoms with van der Waals surface area (Å²) in [5.74, 6) is -0.888. The van der Waals surface area contributed by atoms with Crippen LogP contribution in [0.1, 0.15) is 123 Å². The molecule has 0 bridgehead atoms. The van der Waals surface area contributed by atoms with Crippen LogP contribution in [-0.2, 0) is 32.7 Å². The van der Waals surface area contributed by atoms with E-state index in [1.54, 1.807) is 0 Å².